The van der Waals surface area contributed by atoms with E-state index in [1.54, 1.807) is 6.07 Å². The van der Waals surface area contributed by atoms with Gasteiger partial charge in [0.2, 0.25) is 0 Å². The predicted molar refractivity (Wildman–Crippen MR) is 128 cm³/mol. The van der Waals surface area contributed by atoms with Crippen molar-refractivity contribution in [2.75, 3.05) is 10.2 Å². The maximum atomic E-state index is 12.0. The monoisotopic (exact) mass is 444 g/mol. The molecule has 31 heavy (non-hydrogen) atoms. The van der Waals surface area contributed by atoms with Gasteiger partial charge in [-0.25, -0.2) is 0 Å². The molecule has 0 aromatic heterocycles. The summed E-state index contributed by atoms with van der Waals surface area (Å²) in [5.74, 6) is 0. The Bertz CT molecular complexity index is 916. The molecule has 0 spiro atoms. The van der Waals surface area contributed by atoms with Crippen molar-refractivity contribution in [3.8, 4) is 0 Å². The fourth-order valence-electron chi connectivity index (χ4n) is 4.40. The Morgan fingerprint density at radius 1 is 0.871 bits per heavy atom. The number of unbranched alkanes of at least 4 members (excludes halogenated alkanes) is 8. The number of nitrogens with one attached hydrogen (secondary N) is 1. The highest BCUT2D eigenvalue weighted by Gasteiger charge is 2.33. The van der Waals surface area contributed by atoms with E-state index in [4.69, 9.17) is 0 Å². The van der Waals surface area contributed by atoms with Gasteiger partial charge < -0.3 is 10.2 Å². The van der Waals surface area contributed by atoms with Gasteiger partial charge in [0.1, 0.15) is 4.90 Å². The van der Waals surface area contributed by atoms with Gasteiger partial charge in [-0.15, -0.1) is 0 Å². The van der Waals surface area contributed by atoms with Gasteiger partial charge >= 0.3 is 0 Å². The Morgan fingerprint density at radius 2 is 1.52 bits per heavy atom. The predicted octanol–water partition coefficient (Wildman–Crippen LogP) is 6.61. The lowest BCUT2D eigenvalue weighted by Gasteiger charge is -2.28. The fraction of sp³-hybridized carbons (Fsp3) is 0.520. The van der Waals surface area contributed by atoms with Crippen molar-refractivity contribution in [2.45, 2.75) is 88.7 Å². The van der Waals surface area contributed by atoms with E-state index in [1.807, 2.05) is 36.4 Å². The zero-order valence-electron chi connectivity index (χ0n) is 18.6. The van der Waals surface area contributed by atoms with Crippen LogP contribution in [0, 0.1) is 0 Å². The molecule has 2 aromatic rings. The van der Waals surface area contributed by atoms with Crippen LogP contribution in [0.25, 0.3) is 0 Å². The minimum absolute atomic E-state index is 0.0164. The van der Waals surface area contributed by atoms with Crippen LogP contribution in [0.2, 0.25) is 0 Å². The van der Waals surface area contributed by atoms with E-state index in [0.29, 0.717) is 12.2 Å². The van der Waals surface area contributed by atoms with Crippen LogP contribution in [0.3, 0.4) is 0 Å². The Hall–Kier alpha value is -2.05. The number of hydrogen-bond acceptors (Lipinski definition) is 4. The number of fused-ring (bicyclic) bond motifs is 1. The molecule has 0 fully saturated rings. The van der Waals surface area contributed by atoms with Crippen molar-refractivity contribution in [2.24, 2.45) is 0 Å². The van der Waals surface area contributed by atoms with Crippen molar-refractivity contribution in [1.29, 1.82) is 0 Å². The highest BCUT2D eigenvalue weighted by Crippen LogP contribution is 2.41. The summed E-state index contributed by atoms with van der Waals surface area (Å²) in [4.78, 5) is 2.07. The topological polar surface area (TPSA) is 69.6 Å². The molecule has 5 nitrogen and oxygen atoms in total. The quantitative estimate of drug-likeness (QED) is 0.269. The molecule has 1 aliphatic rings. The Kier molecular flexibility index (Phi) is 8.79. The summed E-state index contributed by atoms with van der Waals surface area (Å²) >= 11 is 0. The summed E-state index contributed by atoms with van der Waals surface area (Å²) in [6, 6.07) is 15.1. The maximum absolute atomic E-state index is 12.0. The van der Waals surface area contributed by atoms with Gasteiger partial charge in [0.15, 0.2) is 0 Å². The van der Waals surface area contributed by atoms with E-state index in [0.717, 1.165) is 24.1 Å². The normalized spacial score (nSPS) is 15.7. The lowest BCUT2D eigenvalue weighted by atomic mass is 10.1. The van der Waals surface area contributed by atoms with E-state index in [9.17, 15) is 13.0 Å². The summed E-state index contributed by atoms with van der Waals surface area (Å²) in [7, 11) is -4.30. The number of benzene rings is 2. The van der Waals surface area contributed by atoms with E-state index < -0.39 is 10.1 Å². The van der Waals surface area contributed by atoms with Gasteiger partial charge in [0.25, 0.3) is 10.1 Å². The van der Waals surface area contributed by atoms with E-state index in [1.165, 1.54) is 57.4 Å². The molecule has 1 unspecified atom stereocenters. The third kappa shape index (κ3) is 6.71. The number of hydrogen-bond donors (Lipinski definition) is 2. The third-order valence-electron chi connectivity index (χ3n) is 6.04. The van der Waals surface area contributed by atoms with Crippen molar-refractivity contribution < 1.29 is 13.0 Å². The largest absolute Gasteiger partial charge is 0.363 e. The maximum Gasteiger partial charge on any atom is 0.296 e. The number of para-hydroxylation sites is 1. The van der Waals surface area contributed by atoms with Crippen molar-refractivity contribution in [3.63, 3.8) is 0 Å². The van der Waals surface area contributed by atoms with Gasteiger partial charge in [-0.2, -0.15) is 8.42 Å². The molecule has 0 saturated carbocycles. The number of nitrogens with zero attached hydrogens (tertiary/aromatic N) is 1. The van der Waals surface area contributed by atoms with Crippen LogP contribution in [0.1, 0.15) is 76.7 Å². The van der Waals surface area contributed by atoms with Gasteiger partial charge in [0, 0.05) is 6.54 Å². The van der Waals surface area contributed by atoms with Crippen LogP contribution in [0.4, 0.5) is 11.4 Å². The van der Waals surface area contributed by atoms with Crippen LogP contribution in [0.15, 0.2) is 53.4 Å². The first kappa shape index (κ1) is 23.6. The third-order valence-corrected chi connectivity index (χ3v) is 6.92. The first-order valence-electron chi connectivity index (χ1n) is 11.7. The van der Waals surface area contributed by atoms with Gasteiger partial charge in [-0.1, -0.05) is 94.7 Å². The molecule has 6 heteroatoms. The molecule has 1 atom stereocenters. The summed E-state index contributed by atoms with van der Waals surface area (Å²) in [6.45, 7) is 2.84. The van der Waals surface area contributed by atoms with E-state index >= 15 is 0 Å². The Balaban J connectivity index is 1.63. The smallest absolute Gasteiger partial charge is 0.296 e. The average Bonchev–Trinajstić information content (AvgIpc) is 3.10. The Labute approximate surface area is 187 Å². The zero-order valence-corrected chi connectivity index (χ0v) is 19.4. The highest BCUT2D eigenvalue weighted by molar-refractivity contribution is 7.86. The summed E-state index contributed by atoms with van der Waals surface area (Å²) < 4.78 is 33.8. The molecule has 0 saturated heterocycles. The molecule has 0 aliphatic carbocycles. The average molecular weight is 445 g/mol. The molecule has 0 amide bonds. The summed E-state index contributed by atoms with van der Waals surface area (Å²) in [5, 5.41) is 3.49. The fourth-order valence-corrected chi connectivity index (χ4v) is 5.12. The molecule has 3 rings (SSSR count). The highest BCUT2D eigenvalue weighted by atomic mass is 32.2. The van der Waals surface area contributed by atoms with Crippen LogP contribution in [-0.4, -0.2) is 19.1 Å². The minimum atomic E-state index is -4.30. The molecule has 2 aromatic carbocycles. The SMILES string of the molecule is CCCCCCCCCCCC1Nc2cccc(S(=O)(=O)O)c2N1Cc1ccccc1. The molecule has 1 heterocycles. The first-order valence-corrected chi connectivity index (χ1v) is 13.1. The van der Waals surface area contributed by atoms with Crippen LogP contribution >= 0.6 is 0 Å². The van der Waals surface area contributed by atoms with Gasteiger partial charge in [0.05, 0.1) is 17.5 Å². The van der Waals surface area contributed by atoms with Crippen LogP contribution in [0.5, 0.6) is 0 Å². The zero-order chi connectivity index (χ0) is 22.1. The second-order valence-corrected chi connectivity index (χ2v) is 9.91. The van der Waals surface area contributed by atoms with E-state index in [-0.39, 0.29) is 11.1 Å². The molecular formula is C25H36N2O3S. The number of rotatable bonds is 13. The standard InChI is InChI=1S/C25H36N2O3S/c1-2-3-4-5-6-7-8-9-13-19-24-26-22-17-14-18-23(31(28,29)30)25(22)27(24)20-21-15-11-10-12-16-21/h10-12,14-18,24,26H,2-9,13,19-20H2,1H3,(H,28,29,30). The van der Waals surface area contributed by atoms with Gasteiger partial charge in [-0.3, -0.25) is 4.55 Å². The molecule has 1 aliphatic heterocycles. The minimum Gasteiger partial charge on any atom is -0.363 e. The summed E-state index contributed by atoms with van der Waals surface area (Å²) in [6.07, 6.45) is 12.4. The molecule has 170 valence electrons. The lowest BCUT2D eigenvalue weighted by molar-refractivity contribution is 0.482. The van der Waals surface area contributed by atoms with Crippen LogP contribution < -0.4 is 10.2 Å². The second-order valence-electron chi connectivity index (χ2n) is 8.52. The first-order chi connectivity index (χ1) is 15.0. The Morgan fingerprint density at radius 3 is 2.16 bits per heavy atom. The molecule has 2 N–H and O–H groups in total. The molecular weight excluding hydrogens is 408 g/mol. The van der Waals surface area contributed by atoms with Crippen molar-refractivity contribution in [1.82, 2.24) is 0 Å². The lowest BCUT2D eigenvalue weighted by Crippen LogP contribution is -2.35. The molecule has 0 radical (unpaired) electrons. The second kappa shape index (κ2) is 11.5. The van der Waals surface area contributed by atoms with Gasteiger partial charge in [-0.05, 0) is 30.5 Å². The summed E-state index contributed by atoms with van der Waals surface area (Å²) in [5.41, 5.74) is 2.46. The van der Waals surface area contributed by atoms with Crippen LogP contribution in [-0.2, 0) is 16.7 Å². The van der Waals surface area contributed by atoms with Crippen molar-refractivity contribution >= 4 is 21.5 Å². The van der Waals surface area contributed by atoms with Crippen molar-refractivity contribution in [3.05, 3.63) is 54.1 Å². The van der Waals surface area contributed by atoms with E-state index in [2.05, 4.69) is 17.1 Å². The number of anilines is 2. The molecule has 0 bridgehead atoms.